The number of likely N-dealkylation sites (tertiary alicyclic amines) is 1. The highest BCUT2D eigenvalue weighted by Gasteiger charge is 2.79. The average molecular weight is 497 g/mol. The Labute approximate surface area is 212 Å². The number of fused-ring (bicyclic) bond motifs is 1. The number of rotatable bonds is 11. The average Bonchev–Trinajstić information content (AvgIpc) is 3.50. The molecule has 3 fully saturated rings. The number of aliphatic hydroxyl groups excluding tert-OH is 1. The molecule has 3 aliphatic heterocycles. The highest BCUT2D eigenvalue weighted by Crippen LogP contribution is 2.64. The van der Waals surface area contributed by atoms with Crippen molar-refractivity contribution in [3.05, 3.63) is 61.2 Å². The summed E-state index contributed by atoms with van der Waals surface area (Å²) in [5, 5.41) is 10.0. The van der Waals surface area contributed by atoms with Gasteiger partial charge in [-0.25, -0.2) is 0 Å². The first-order valence-electron chi connectivity index (χ1n) is 12.6. The molecule has 3 aliphatic rings. The van der Waals surface area contributed by atoms with Gasteiger partial charge in [0.1, 0.15) is 24.2 Å². The topological polar surface area (TPSA) is 96.4 Å². The van der Waals surface area contributed by atoms with E-state index in [0.717, 1.165) is 5.56 Å². The van der Waals surface area contributed by atoms with Gasteiger partial charge in [0.25, 0.3) is 0 Å². The van der Waals surface area contributed by atoms with E-state index in [1.54, 1.807) is 17.9 Å². The van der Waals surface area contributed by atoms with Crippen LogP contribution < -0.4 is 0 Å². The molecule has 3 saturated heterocycles. The zero-order chi connectivity index (χ0) is 26.1. The summed E-state index contributed by atoms with van der Waals surface area (Å²) in [7, 11) is 0. The number of benzene rings is 1. The Morgan fingerprint density at radius 1 is 1.28 bits per heavy atom. The van der Waals surface area contributed by atoms with E-state index < -0.39 is 41.1 Å². The van der Waals surface area contributed by atoms with E-state index in [0.29, 0.717) is 25.8 Å². The minimum Gasteiger partial charge on any atom is -0.461 e. The number of hydrogen-bond acceptors (Lipinski definition) is 6. The van der Waals surface area contributed by atoms with Crippen molar-refractivity contribution in [3.8, 4) is 0 Å². The number of carbonyl (C=O) groups excluding carboxylic acids is 3. The van der Waals surface area contributed by atoms with Crippen molar-refractivity contribution in [3.63, 3.8) is 0 Å². The van der Waals surface area contributed by atoms with Crippen molar-refractivity contribution in [1.82, 2.24) is 9.80 Å². The van der Waals surface area contributed by atoms with Crippen LogP contribution in [0.4, 0.5) is 0 Å². The predicted octanol–water partition coefficient (Wildman–Crippen LogP) is 2.47. The van der Waals surface area contributed by atoms with E-state index >= 15 is 0 Å². The lowest BCUT2D eigenvalue weighted by Gasteiger charge is -2.38. The van der Waals surface area contributed by atoms with Gasteiger partial charge in [0, 0.05) is 13.1 Å². The largest absolute Gasteiger partial charge is 0.461 e. The van der Waals surface area contributed by atoms with Gasteiger partial charge >= 0.3 is 5.97 Å². The van der Waals surface area contributed by atoms with Crippen LogP contribution in [0, 0.1) is 11.8 Å². The number of esters is 1. The Kier molecular flexibility index (Phi) is 7.38. The minimum absolute atomic E-state index is 0.0341. The van der Waals surface area contributed by atoms with E-state index in [2.05, 4.69) is 13.2 Å². The van der Waals surface area contributed by atoms with Crippen molar-refractivity contribution in [1.29, 1.82) is 0 Å². The first-order chi connectivity index (χ1) is 17.3. The molecule has 194 valence electrons. The fraction of sp³-hybridized carbons (Fsp3) is 0.536. The van der Waals surface area contributed by atoms with Crippen LogP contribution in [-0.2, 0) is 30.4 Å². The molecule has 1 spiro atoms. The molecule has 0 saturated carbocycles. The predicted molar refractivity (Wildman–Crippen MR) is 133 cm³/mol. The second-order valence-corrected chi connectivity index (χ2v) is 10.0. The summed E-state index contributed by atoms with van der Waals surface area (Å²) >= 11 is 0. The first kappa shape index (κ1) is 26.1. The van der Waals surface area contributed by atoms with Crippen LogP contribution in [0.3, 0.4) is 0 Å². The third kappa shape index (κ3) is 3.96. The van der Waals surface area contributed by atoms with Gasteiger partial charge in [0.2, 0.25) is 11.8 Å². The summed E-state index contributed by atoms with van der Waals surface area (Å²) in [6.07, 6.45) is 4.68. The normalized spacial score (nSPS) is 31.1. The van der Waals surface area contributed by atoms with Gasteiger partial charge in [-0.3, -0.25) is 14.4 Å². The first-order valence-corrected chi connectivity index (χ1v) is 12.6. The maximum Gasteiger partial charge on any atom is 0.313 e. The Balaban J connectivity index is 1.77. The van der Waals surface area contributed by atoms with E-state index in [9.17, 15) is 19.5 Å². The molecule has 3 heterocycles. The van der Waals surface area contributed by atoms with Crippen LogP contribution in [-0.4, -0.2) is 75.7 Å². The quantitative estimate of drug-likeness (QED) is 0.374. The third-order valence-electron chi connectivity index (χ3n) is 8.07. The molecule has 1 aromatic carbocycles. The lowest BCUT2D eigenvalue weighted by atomic mass is 9.65. The Morgan fingerprint density at radius 3 is 2.61 bits per heavy atom. The highest BCUT2D eigenvalue weighted by molar-refractivity contribution is 5.98. The second-order valence-electron chi connectivity index (χ2n) is 10.0. The number of hydrogen-bond donors (Lipinski definition) is 1. The van der Waals surface area contributed by atoms with Gasteiger partial charge in [-0.1, -0.05) is 56.0 Å². The molecular weight excluding hydrogens is 460 g/mol. The maximum atomic E-state index is 14.3. The van der Waals surface area contributed by atoms with Gasteiger partial charge in [0.15, 0.2) is 0 Å². The molecular formula is C28H36N2O6. The summed E-state index contributed by atoms with van der Waals surface area (Å²) < 4.78 is 12.1. The molecule has 1 aromatic rings. The van der Waals surface area contributed by atoms with Crippen LogP contribution in [0.25, 0.3) is 0 Å². The lowest BCUT2D eigenvalue weighted by Crippen LogP contribution is -2.58. The summed E-state index contributed by atoms with van der Waals surface area (Å²) in [4.78, 5) is 44.6. The van der Waals surface area contributed by atoms with E-state index in [4.69, 9.17) is 9.47 Å². The maximum absolute atomic E-state index is 14.3. The molecule has 0 radical (unpaired) electrons. The van der Waals surface area contributed by atoms with Crippen molar-refractivity contribution in [2.24, 2.45) is 11.8 Å². The van der Waals surface area contributed by atoms with Crippen molar-refractivity contribution in [2.75, 3.05) is 19.8 Å². The molecule has 4 rings (SSSR count). The molecule has 2 unspecified atom stereocenters. The molecule has 8 nitrogen and oxygen atoms in total. The minimum atomic E-state index is -1.17. The van der Waals surface area contributed by atoms with Crippen LogP contribution in [0.2, 0.25) is 0 Å². The molecule has 2 amide bonds. The van der Waals surface area contributed by atoms with Gasteiger partial charge in [0.05, 0.1) is 24.2 Å². The monoisotopic (exact) mass is 496 g/mol. The molecule has 1 N–H and O–H groups in total. The van der Waals surface area contributed by atoms with E-state index in [1.165, 1.54) is 11.0 Å². The summed E-state index contributed by atoms with van der Waals surface area (Å²) in [6.45, 7) is 11.4. The van der Waals surface area contributed by atoms with Crippen LogP contribution in [0.15, 0.2) is 55.6 Å². The standard InChI is InChI=1S/C28H36N2O6/c1-5-15-29(17-20-11-9-8-10-12-20)25(33)23-28-14-13-27(7-3,36-28)22(26(34)35-16-6-2)21(28)24(32)30(23)19(4)18-31/h5-6,8-12,19,21-23,31H,1-2,7,13-18H2,3-4H3/t19-,21+,22-,23?,27+,28?/m1/s1. The van der Waals surface area contributed by atoms with Crippen LogP contribution >= 0.6 is 0 Å². The van der Waals surface area contributed by atoms with Crippen LogP contribution in [0.1, 0.15) is 38.7 Å². The molecule has 0 aromatic heterocycles. The van der Waals surface area contributed by atoms with Gasteiger partial charge in [-0.15, -0.1) is 6.58 Å². The molecule has 6 atom stereocenters. The zero-order valence-corrected chi connectivity index (χ0v) is 21.1. The summed E-state index contributed by atoms with van der Waals surface area (Å²) in [6, 6.07) is 8.01. The highest BCUT2D eigenvalue weighted by atomic mass is 16.6. The van der Waals surface area contributed by atoms with Gasteiger partial charge < -0.3 is 24.4 Å². The smallest absolute Gasteiger partial charge is 0.313 e. The summed E-state index contributed by atoms with van der Waals surface area (Å²) in [5.74, 6) is -2.80. The van der Waals surface area contributed by atoms with E-state index in [-0.39, 0.29) is 31.6 Å². The lowest BCUT2D eigenvalue weighted by molar-refractivity contribution is -0.162. The molecule has 36 heavy (non-hydrogen) atoms. The Bertz CT molecular complexity index is 1030. The number of ether oxygens (including phenoxy) is 2. The zero-order valence-electron chi connectivity index (χ0n) is 21.1. The third-order valence-corrected chi connectivity index (χ3v) is 8.07. The van der Waals surface area contributed by atoms with Gasteiger partial charge in [-0.2, -0.15) is 0 Å². The molecule has 8 heteroatoms. The molecule has 2 bridgehead atoms. The van der Waals surface area contributed by atoms with Crippen LogP contribution in [0.5, 0.6) is 0 Å². The van der Waals surface area contributed by atoms with Crippen molar-refractivity contribution < 1.29 is 29.0 Å². The number of aliphatic hydroxyl groups is 1. The van der Waals surface area contributed by atoms with Gasteiger partial charge in [-0.05, 0) is 31.7 Å². The Hall–Kier alpha value is -2.97. The van der Waals surface area contributed by atoms with Crippen molar-refractivity contribution in [2.45, 2.75) is 62.9 Å². The fourth-order valence-corrected chi connectivity index (χ4v) is 6.45. The number of carbonyl (C=O) groups is 3. The second kappa shape index (κ2) is 10.2. The summed E-state index contributed by atoms with van der Waals surface area (Å²) in [5.41, 5.74) is -1.09. The number of nitrogens with zero attached hydrogens (tertiary/aromatic N) is 2. The van der Waals surface area contributed by atoms with E-state index in [1.807, 2.05) is 37.3 Å². The van der Waals surface area contributed by atoms with Crippen molar-refractivity contribution >= 4 is 17.8 Å². The fourth-order valence-electron chi connectivity index (χ4n) is 6.45. The number of amides is 2. The SMILES string of the molecule is C=CCOC(=O)[C@H]1[C@H]2C(=O)N([C@H](C)CO)C(C(=O)N(CC=C)Cc3ccccc3)C23CC[C@]1(CC)O3. The molecule has 0 aliphatic carbocycles. The Morgan fingerprint density at radius 2 is 2.00 bits per heavy atom.